The normalized spacial score (nSPS) is 40.9. The number of rotatable bonds is 0. The van der Waals surface area contributed by atoms with Crippen molar-refractivity contribution in [3.63, 3.8) is 0 Å². The van der Waals surface area contributed by atoms with E-state index in [0.717, 1.165) is 0 Å². The highest BCUT2D eigenvalue weighted by atomic mass is 16.3. The number of amides is 2. The van der Waals surface area contributed by atoms with Gasteiger partial charge in [-0.3, -0.25) is 14.9 Å². The van der Waals surface area contributed by atoms with Crippen LogP contribution in [-0.4, -0.2) is 23.0 Å². The molecule has 2 N–H and O–H groups in total. The van der Waals surface area contributed by atoms with Crippen molar-refractivity contribution in [2.24, 2.45) is 11.8 Å². The zero-order valence-electron chi connectivity index (χ0n) is 6.62. The Morgan fingerprint density at radius 3 is 2.58 bits per heavy atom. The second-order valence-corrected chi connectivity index (χ2v) is 3.53. The van der Waals surface area contributed by atoms with E-state index in [2.05, 4.69) is 5.32 Å². The van der Waals surface area contributed by atoms with Gasteiger partial charge in [-0.15, -0.1) is 0 Å². The minimum Gasteiger partial charge on any atom is -0.393 e. The van der Waals surface area contributed by atoms with Crippen molar-refractivity contribution in [2.45, 2.75) is 25.4 Å². The summed E-state index contributed by atoms with van der Waals surface area (Å²) >= 11 is 0. The first-order valence-electron chi connectivity index (χ1n) is 4.21. The smallest absolute Gasteiger partial charge is 0.230 e. The second kappa shape index (κ2) is 2.55. The van der Waals surface area contributed by atoms with E-state index in [1.54, 1.807) is 0 Å². The lowest BCUT2D eigenvalue weighted by Gasteiger charge is -2.24. The predicted octanol–water partition coefficient (Wildman–Crippen LogP) is -0.580. The molecule has 1 heterocycles. The van der Waals surface area contributed by atoms with Crippen molar-refractivity contribution in [3.8, 4) is 0 Å². The van der Waals surface area contributed by atoms with E-state index in [1.165, 1.54) is 0 Å². The number of aliphatic hydroxyl groups is 1. The lowest BCUT2D eigenvalue weighted by Crippen LogP contribution is -2.29. The van der Waals surface area contributed by atoms with Crippen LogP contribution < -0.4 is 5.32 Å². The average molecular weight is 169 g/mol. The van der Waals surface area contributed by atoms with Gasteiger partial charge in [-0.2, -0.15) is 0 Å². The standard InChI is InChI=1S/C8H11NO3/c10-4-1-2-5-6(3-4)8(12)9-7(5)11/h4-6,10H,1-3H2,(H,9,11,12). The fourth-order valence-electron chi connectivity index (χ4n) is 2.06. The molecule has 2 fully saturated rings. The summed E-state index contributed by atoms with van der Waals surface area (Å²) in [6, 6.07) is 0. The molecule has 0 aromatic rings. The maximum Gasteiger partial charge on any atom is 0.230 e. The molecule has 4 nitrogen and oxygen atoms in total. The molecule has 1 saturated heterocycles. The summed E-state index contributed by atoms with van der Waals surface area (Å²) in [5.41, 5.74) is 0. The first kappa shape index (κ1) is 7.73. The van der Waals surface area contributed by atoms with Gasteiger partial charge in [-0.05, 0) is 19.3 Å². The van der Waals surface area contributed by atoms with E-state index < -0.39 is 6.10 Å². The van der Waals surface area contributed by atoms with Crippen molar-refractivity contribution < 1.29 is 14.7 Å². The summed E-state index contributed by atoms with van der Waals surface area (Å²) in [4.78, 5) is 22.2. The third-order valence-electron chi connectivity index (χ3n) is 2.74. The molecule has 2 amide bonds. The number of hydrogen-bond donors (Lipinski definition) is 2. The van der Waals surface area contributed by atoms with Gasteiger partial charge in [0.1, 0.15) is 0 Å². The quantitative estimate of drug-likeness (QED) is 0.477. The Morgan fingerprint density at radius 2 is 1.83 bits per heavy atom. The molecule has 4 heteroatoms. The summed E-state index contributed by atoms with van der Waals surface area (Å²) < 4.78 is 0. The first-order valence-corrected chi connectivity index (χ1v) is 4.21. The van der Waals surface area contributed by atoms with Gasteiger partial charge in [0.05, 0.1) is 17.9 Å². The number of hydrogen-bond acceptors (Lipinski definition) is 3. The van der Waals surface area contributed by atoms with E-state index in [9.17, 15) is 14.7 Å². The largest absolute Gasteiger partial charge is 0.393 e. The lowest BCUT2D eigenvalue weighted by atomic mass is 9.80. The number of carbonyl (C=O) groups excluding carboxylic acids is 2. The van der Waals surface area contributed by atoms with Crippen LogP contribution in [0.1, 0.15) is 19.3 Å². The van der Waals surface area contributed by atoms with Gasteiger partial charge in [-0.1, -0.05) is 0 Å². The molecular formula is C8H11NO3. The van der Waals surface area contributed by atoms with Crippen molar-refractivity contribution in [1.82, 2.24) is 5.32 Å². The van der Waals surface area contributed by atoms with Crippen LogP contribution in [0, 0.1) is 11.8 Å². The fourth-order valence-corrected chi connectivity index (χ4v) is 2.06. The number of aliphatic hydroxyl groups excluding tert-OH is 1. The highest BCUT2D eigenvalue weighted by molar-refractivity contribution is 6.05. The molecule has 0 aromatic heterocycles. The van der Waals surface area contributed by atoms with E-state index >= 15 is 0 Å². The van der Waals surface area contributed by atoms with Crippen LogP contribution in [0.3, 0.4) is 0 Å². The Bertz CT molecular complexity index is 238. The predicted molar refractivity (Wildman–Crippen MR) is 40.0 cm³/mol. The molecule has 2 rings (SSSR count). The van der Waals surface area contributed by atoms with Gasteiger partial charge in [0.15, 0.2) is 0 Å². The molecule has 12 heavy (non-hydrogen) atoms. The van der Waals surface area contributed by atoms with Gasteiger partial charge in [0.25, 0.3) is 0 Å². The summed E-state index contributed by atoms with van der Waals surface area (Å²) in [5.74, 6) is -0.789. The maximum absolute atomic E-state index is 11.1. The van der Waals surface area contributed by atoms with Gasteiger partial charge in [0, 0.05) is 0 Å². The molecule has 3 atom stereocenters. The Morgan fingerprint density at radius 1 is 1.17 bits per heavy atom. The maximum atomic E-state index is 11.1. The number of fused-ring (bicyclic) bond motifs is 1. The van der Waals surface area contributed by atoms with E-state index in [-0.39, 0.29) is 23.7 Å². The summed E-state index contributed by atoms with van der Waals surface area (Å²) in [7, 11) is 0. The van der Waals surface area contributed by atoms with Crippen molar-refractivity contribution in [2.75, 3.05) is 0 Å². The van der Waals surface area contributed by atoms with E-state index in [0.29, 0.717) is 19.3 Å². The van der Waals surface area contributed by atoms with Crippen LogP contribution in [0.15, 0.2) is 0 Å². The van der Waals surface area contributed by atoms with Crippen LogP contribution in [0.4, 0.5) is 0 Å². The minimum absolute atomic E-state index is 0.156. The van der Waals surface area contributed by atoms with Crippen LogP contribution in [0.2, 0.25) is 0 Å². The van der Waals surface area contributed by atoms with Gasteiger partial charge >= 0.3 is 0 Å². The van der Waals surface area contributed by atoms with Gasteiger partial charge < -0.3 is 5.11 Å². The zero-order valence-corrected chi connectivity index (χ0v) is 6.62. The molecule has 1 aliphatic carbocycles. The van der Waals surface area contributed by atoms with Gasteiger partial charge in [-0.25, -0.2) is 0 Å². The summed E-state index contributed by atoms with van der Waals surface area (Å²) in [5, 5.41) is 11.6. The number of nitrogens with one attached hydrogen (secondary N) is 1. The molecular weight excluding hydrogens is 158 g/mol. The molecule has 0 aromatic carbocycles. The Labute approximate surface area is 69.9 Å². The van der Waals surface area contributed by atoms with Crippen molar-refractivity contribution >= 4 is 11.8 Å². The average Bonchev–Trinajstić information content (AvgIpc) is 2.28. The number of carbonyl (C=O) groups is 2. The van der Waals surface area contributed by atoms with Crippen LogP contribution >= 0.6 is 0 Å². The molecule has 0 radical (unpaired) electrons. The van der Waals surface area contributed by atoms with E-state index in [1.807, 2.05) is 0 Å². The van der Waals surface area contributed by atoms with Crippen LogP contribution in [0.5, 0.6) is 0 Å². The zero-order chi connectivity index (χ0) is 8.72. The Kier molecular flexibility index (Phi) is 1.65. The van der Waals surface area contributed by atoms with Crippen molar-refractivity contribution in [3.05, 3.63) is 0 Å². The molecule has 0 spiro atoms. The number of imide groups is 1. The molecule has 1 aliphatic heterocycles. The summed E-state index contributed by atoms with van der Waals surface area (Å²) in [6.45, 7) is 0. The van der Waals surface area contributed by atoms with Crippen LogP contribution in [0.25, 0.3) is 0 Å². The van der Waals surface area contributed by atoms with Crippen LogP contribution in [-0.2, 0) is 9.59 Å². The monoisotopic (exact) mass is 169 g/mol. The first-order chi connectivity index (χ1) is 5.68. The molecule has 2 aliphatic rings. The third-order valence-corrected chi connectivity index (χ3v) is 2.74. The van der Waals surface area contributed by atoms with E-state index in [4.69, 9.17) is 0 Å². The highest BCUT2D eigenvalue weighted by Crippen LogP contribution is 2.33. The minimum atomic E-state index is -0.400. The second-order valence-electron chi connectivity index (χ2n) is 3.53. The topological polar surface area (TPSA) is 66.4 Å². The lowest BCUT2D eigenvalue weighted by molar-refractivity contribution is -0.126. The Hall–Kier alpha value is -0.900. The highest BCUT2D eigenvalue weighted by Gasteiger charge is 2.44. The molecule has 3 unspecified atom stereocenters. The fraction of sp³-hybridized carbons (Fsp3) is 0.750. The van der Waals surface area contributed by atoms with Gasteiger partial charge in [0.2, 0.25) is 11.8 Å². The van der Waals surface area contributed by atoms with Crippen molar-refractivity contribution in [1.29, 1.82) is 0 Å². The Balaban J connectivity index is 2.17. The summed E-state index contributed by atoms with van der Waals surface area (Å²) in [6.07, 6.45) is 1.33. The SMILES string of the molecule is O=C1NC(=O)C2CC(O)CCC12. The molecule has 0 bridgehead atoms. The molecule has 1 saturated carbocycles. The molecule has 66 valence electrons. The third kappa shape index (κ3) is 1.03.